The lowest BCUT2D eigenvalue weighted by atomic mass is 9.88. The third-order valence-electron chi connectivity index (χ3n) is 3.16. The molecule has 4 heteroatoms. The fourth-order valence-corrected chi connectivity index (χ4v) is 2.72. The minimum absolute atomic E-state index is 0.172. The molecule has 1 unspecified atom stereocenters. The summed E-state index contributed by atoms with van der Waals surface area (Å²) in [5, 5.41) is 0. The predicted molar refractivity (Wildman–Crippen MR) is 75.5 cm³/mol. The zero-order valence-corrected chi connectivity index (χ0v) is 11.8. The number of imidazole rings is 1. The molecule has 2 rings (SSSR count). The molecule has 1 atom stereocenters. The Morgan fingerprint density at radius 2 is 2.00 bits per heavy atom. The molecule has 0 radical (unpaired) electrons. The molecule has 18 heavy (non-hydrogen) atoms. The standard InChI is InChI=1S/C14H22N4/c1-9-16-11-7-6-10(8-12(11)17-9)13(18(4)5)14(2,3)15/h6-8,13H,15H2,1-5H3,(H,16,17). The van der Waals surface area contributed by atoms with Gasteiger partial charge in [0, 0.05) is 5.54 Å². The van der Waals surface area contributed by atoms with Gasteiger partial charge in [-0.1, -0.05) is 6.07 Å². The second kappa shape index (κ2) is 4.37. The Balaban J connectivity index is 2.51. The van der Waals surface area contributed by atoms with Crippen LogP contribution in [0.15, 0.2) is 18.2 Å². The van der Waals surface area contributed by atoms with Crippen molar-refractivity contribution < 1.29 is 0 Å². The molecule has 1 aromatic carbocycles. The van der Waals surface area contributed by atoms with Gasteiger partial charge in [0.15, 0.2) is 0 Å². The summed E-state index contributed by atoms with van der Waals surface area (Å²) in [6.45, 7) is 6.08. The maximum atomic E-state index is 6.29. The minimum atomic E-state index is -0.299. The van der Waals surface area contributed by atoms with Gasteiger partial charge in [0.25, 0.3) is 0 Å². The van der Waals surface area contributed by atoms with Crippen LogP contribution >= 0.6 is 0 Å². The lowest BCUT2D eigenvalue weighted by Gasteiger charge is -2.36. The van der Waals surface area contributed by atoms with Gasteiger partial charge in [-0.25, -0.2) is 4.98 Å². The summed E-state index contributed by atoms with van der Waals surface area (Å²) >= 11 is 0. The molecule has 0 fully saturated rings. The average molecular weight is 246 g/mol. The summed E-state index contributed by atoms with van der Waals surface area (Å²) in [5.74, 6) is 0.940. The summed E-state index contributed by atoms with van der Waals surface area (Å²) in [4.78, 5) is 9.85. The fraction of sp³-hybridized carbons (Fsp3) is 0.500. The smallest absolute Gasteiger partial charge is 0.104 e. The van der Waals surface area contributed by atoms with Crippen molar-refractivity contribution in [2.45, 2.75) is 32.4 Å². The Morgan fingerprint density at radius 1 is 1.33 bits per heavy atom. The first-order valence-corrected chi connectivity index (χ1v) is 6.20. The zero-order chi connectivity index (χ0) is 13.5. The molecule has 0 bridgehead atoms. The highest BCUT2D eigenvalue weighted by Crippen LogP contribution is 2.29. The fourth-order valence-electron chi connectivity index (χ4n) is 2.72. The number of hydrogen-bond acceptors (Lipinski definition) is 3. The van der Waals surface area contributed by atoms with Crippen molar-refractivity contribution in [3.8, 4) is 0 Å². The third-order valence-corrected chi connectivity index (χ3v) is 3.16. The van der Waals surface area contributed by atoms with Crippen LogP contribution in [0.4, 0.5) is 0 Å². The van der Waals surface area contributed by atoms with E-state index in [1.807, 2.05) is 6.92 Å². The third kappa shape index (κ3) is 2.40. The first-order chi connectivity index (χ1) is 8.29. The molecule has 0 saturated heterocycles. The van der Waals surface area contributed by atoms with E-state index in [-0.39, 0.29) is 11.6 Å². The second-order valence-corrected chi connectivity index (χ2v) is 5.79. The van der Waals surface area contributed by atoms with Crippen LogP contribution in [0.25, 0.3) is 11.0 Å². The van der Waals surface area contributed by atoms with E-state index < -0.39 is 0 Å². The van der Waals surface area contributed by atoms with Crippen molar-refractivity contribution in [3.05, 3.63) is 29.6 Å². The van der Waals surface area contributed by atoms with Crippen molar-refractivity contribution in [1.82, 2.24) is 14.9 Å². The van der Waals surface area contributed by atoms with Gasteiger partial charge in [-0.2, -0.15) is 0 Å². The lowest BCUT2D eigenvalue weighted by Crippen LogP contribution is -2.45. The van der Waals surface area contributed by atoms with Crippen LogP contribution in [0.3, 0.4) is 0 Å². The topological polar surface area (TPSA) is 57.9 Å². The van der Waals surface area contributed by atoms with Crippen LogP contribution in [0, 0.1) is 6.92 Å². The largest absolute Gasteiger partial charge is 0.342 e. The number of rotatable bonds is 3. The maximum Gasteiger partial charge on any atom is 0.104 e. The number of H-pyrrole nitrogens is 1. The van der Waals surface area contributed by atoms with Crippen molar-refractivity contribution in [1.29, 1.82) is 0 Å². The molecule has 0 aliphatic heterocycles. The van der Waals surface area contributed by atoms with E-state index in [2.05, 4.69) is 61.0 Å². The molecular weight excluding hydrogens is 224 g/mol. The SMILES string of the molecule is Cc1nc2ccc(C(N(C)C)C(C)(C)N)cc2[nH]1. The van der Waals surface area contributed by atoms with E-state index in [1.54, 1.807) is 0 Å². The molecule has 0 saturated carbocycles. The van der Waals surface area contributed by atoms with Crippen LogP contribution in [0.5, 0.6) is 0 Å². The van der Waals surface area contributed by atoms with Crippen LogP contribution in [-0.4, -0.2) is 34.5 Å². The maximum absolute atomic E-state index is 6.29. The molecule has 1 heterocycles. The van der Waals surface area contributed by atoms with Gasteiger partial charge >= 0.3 is 0 Å². The molecule has 0 spiro atoms. The summed E-state index contributed by atoms with van der Waals surface area (Å²) in [5.41, 5.74) is 9.28. The van der Waals surface area contributed by atoms with Gasteiger partial charge in [0.1, 0.15) is 5.82 Å². The van der Waals surface area contributed by atoms with E-state index in [4.69, 9.17) is 5.73 Å². The first kappa shape index (κ1) is 13.1. The number of aromatic nitrogens is 2. The molecule has 1 aromatic heterocycles. The minimum Gasteiger partial charge on any atom is -0.342 e. The van der Waals surface area contributed by atoms with E-state index in [0.29, 0.717) is 0 Å². The second-order valence-electron chi connectivity index (χ2n) is 5.79. The van der Waals surface area contributed by atoms with Gasteiger partial charge in [-0.05, 0) is 52.6 Å². The number of aryl methyl sites for hydroxylation is 1. The summed E-state index contributed by atoms with van der Waals surface area (Å²) in [6.07, 6.45) is 0. The van der Waals surface area contributed by atoms with E-state index in [1.165, 1.54) is 5.56 Å². The number of nitrogens with two attached hydrogens (primary N) is 1. The van der Waals surface area contributed by atoms with Crippen LogP contribution in [-0.2, 0) is 0 Å². The molecule has 98 valence electrons. The van der Waals surface area contributed by atoms with Crippen molar-refractivity contribution in [2.75, 3.05) is 14.1 Å². The van der Waals surface area contributed by atoms with Gasteiger partial charge in [0.2, 0.25) is 0 Å². The summed E-state index contributed by atoms with van der Waals surface area (Å²) in [7, 11) is 4.11. The molecule has 4 nitrogen and oxygen atoms in total. The predicted octanol–water partition coefficient (Wildman–Crippen LogP) is 2.21. The summed E-state index contributed by atoms with van der Waals surface area (Å²) in [6, 6.07) is 6.48. The first-order valence-electron chi connectivity index (χ1n) is 6.20. The van der Waals surface area contributed by atoms with Gasteiger partial charge in [-0.3, -0.25) is 0 Å². The van der Waals surface area contributed by atoms with Crippen molar-refractivity contribution in [3.63, 3.8) is 0 Å². The molecular formula is C14H22N4. The van der Waals surface area contributed by atoms with E-state index in [0.717, 1.165) is 16.9 Å². The van der Waals surface area contributed by atoms with Gasteiger partial charge in [0.05, 0.1) is 17.1 Å². The molecule has 2 aromatic rings. The average Bonchev–Trinajstić information content (AvgIpc) is 2.54. The molecule has 0 amide bonds. The Labute approximate surface area is 108 Å². The number of benzene rings is 1. The number of hydrogen-bond donors (Lipinski definition) is 2. The van der Waals surface area contributed by atoms with Crippen LogP contribution in [0.2, 0.25) is 0 Å². The summed E-state index contributed by atoms with van der Waals surface area (Å²) < 4.78 is 0. The quantitative estimate of drug-likeness (QED) is 0.873. The number of nitrogens with one attached hydrogen (secondary N) is 1. The Bertz CT molecular complexity index is 548. The number of likely N-dealkylation sites (N-methyl/N-ethyl adjacent to an activating group) is 1. The highest BCUT2D eigenvalue weighted by Gasteiger charge is 2.28. The van der Waals surface area contributed by atoms with Gasteiger partial charge in [-0.15, -0.1) is 0 Å². The van der Waals surface area contributed by atoms with E-state index >= 15 is 0 Å². The monoisotopic (exact) mass is 246 g/mol. The molecule has 0 aliphatic rings. The highest BCUT2D eigenvalue weighted by atomic mass is 15.1. The Morgan fingerprint density at radius 3 is 2.56 bits per heavy atom. The highest BCUT2D eigenvalue weighted by molar-refractivity contribution is 5.76. The van der Waals surface area contributed by atoms with E-state index in [9.17, 15) is 0 Å². The van der Waals surface area contributed by atoms with Crippen molar-refractivity contribution in [2.24, 2.45) is 5.73 Å². The van der Waals surface area contributed by atoms with Gasteiger partial charge < -0.3 is 15.6 Å². The number of aromatic amines is 1. The normalized spacial score (nSPS) is 14.4. The van der Waals surface area contributed by atoms with Crippen molar-refractivity contribution >= 4 is 11.0 Å². The molecule has 0 aliphatic carbocycles. The lowest BCUT2D eigenvalue weighted by molar-refractivity contribution is 0.205. The Kier molecular flexibility index (Phi) is 3.17. The number of nitrogens with zero attached hydrogens (tertiary/aromatic N) is 2. The molecule has 3 N–H and O–H groups in total. The van der Waals surface area contributed by atoms with Crippen LogP contribution < -0.4 is 5.73 Å². The van der Waals surface area contributed by atoms with Crippen LogP contribution in [0.1, 0.15) is 31.3 Å². The number of fused-ring (bicyclic) bond motifs is 1. The Hall–Kier alpha value is -1.39. The zero-order valence-electron chi connectivity index (χ0n) is 11.8.